The summed E-state index contributed by atoms with van der Waals surface area (Å²) in [6, 6.07) is 8.48. The molecule has 0 saturated carbocycles. The minimum Gasteiger partial charge on any atom is -0.481 e. The Balaban J connectivity index is 1.38. The molecule has 2 bridgehead atoms. The van der Waals surface area contributed by atoms with Crippen LogP contribution in [-0.2, 0) is 24.7 Å². The number of carboxylic acid groups (broad SMARTS) is 1. The first-order chi connectivity index (χ1) is 13.8. The van der Waals surface area contributed by atoms with Crippen LogP contribution in [0, 0.1) is 11.8 Å². The zero-order valence-electron chi connectivity index (χ0n) is 15.9. The van der Waals surface area contributed by atoms with Crippen molar-refractivity contribution in [2.45, 2.75) is 37.5 Å². The number of benzene rings is 1. The first-order valence-electron chi connectivity index (χ1n) is 9.62. The van der Waals surface area contributed by atoms with Crippen molar-refractivity contribution in [3.05, 3.63) is 48.0 Å². The van der Waals surface area contributed by atoms with E-state index in [9.17, 15) is 24.3 Å². The highest BCUT2D eigenvalue weighted by atomic mass is 16.5. The molecule has 29 heavy (non-hydrogen) atoms. The van der Waals surface area contributed by atoms with Crippen LogP contribution in [0.15, 0.2) is 42.5 Å². The number of Topliss-reactive ketones (excluding diaryl/α,β-unsaturated/α-hetero) is 1. The third-order valence-electron chi connectivity index (χ3n) is 5.99. The quantitative estimate of drug-likeness (QED) is 0.531. The first-order valence-corrected chi connectivity index (χ1v) is 9.62. The summed E-state index contributed by atoms with van der Waals surface area (Å²) in [5.41, 5.74) is -0.452. The standard InChI is InChI=1S/C21H22N2O6/c1-21(12-6-3-2-4-7-12)19(27)23(20(28)22-21)11-5-8-13(24)16-14-9-10-15(29-14)17(16)18(25)26/h2-4,6-7,9-10,14-17H,5,8,11H2,1H3,(H,22,28)(H,25,26)/t14-,15+,16?,17?,21?/m0/s1. The summed E-state index contributed by atoms with van der Waals surface area (Å²) in [7, 11) is 0. The van der Waals surface area contributed by atoms with Crippen LogP contribution in [0.1, 0.15) is 25.3 Å². The molecule has 1 aromatic carbocycles. The third kappa shape index (κ3) is 3.13. The van der Waals surface area contributed by atoms with Gasteiger partial charge in [-0.25, -0.2) is 4.79 Å². The molecule has 1 aromatic rings. The Morgan fingerprint density at radius 3 is 2.45 bits per heavy atom. The van der Waals surface area contributed by atoms with E-state index in [1.54, 1.807) is 43.3 Å². The number of amides is 3. The molecule has 8 nitrogen and oxygen atoms in total. The van der Waals surface area contributed by atoms with E-state index >= 15 is 0 Å². The van der Waals surface area contributed by atoms with Gasteiger partial charge >= 0.3 is 12.0 Å². The molecule has 0 radical (unpaired) electrons. The fourth-order valence-electron chi connectivity index (χ4n) is 4.43. The first kappa shape index (κ1) is 19.3. The number of hydrogen-bond acceptors (Lipinski definition) is 5. The summed E-state index contributed by atoms with van der Waals surface area (Å²) in [6.07, 6.45) is 2.69. The molecular weight excluding hydrogens is 376 g/mol. The van der Waals surface area contributed by atoms with Crippen molar-refractivity contribution in [2.24, 2.45) is 11.8 Å². The second kappa shape index (κ2) is 7.11. The van der Waals surface area contributed by atoms with E-state index in [0.29, 0.717) is 5.56 Å². The van der Waals surface area contributed by atoms with Crippen LogP contribution in [0.4, 0.5) is 4.79 Å². The summed E-state index contributed by atoms with van der Waals surface area (Å²) in [5, 5.41) is 12.1. The Kier molecular flexibility index (Phi) is 4.74. The number of imide groups is 1. The van der Waals surface area contributed by atoms with Crippen LogP contribution in [0.5, 0.6) is 0 Å². The van der Waals surface area contributed by atoms with Gasteiger partial charge in [0.15, 0.2) is 0 Å². The summed E-state index contributed by atoms with van der Waals surface area (Å²) in [4.78, 5) is 50.5. The molecular formula is C21H22N2O6. The predicted molar refractivity (Wildman–Crippen MR) is 101 cm³/mol. The molecule has 3 heterocycles. The molecule has 3 unspecified atom stereocenters. The minimum atomic E-state index is -1.14. The van der Waals surface area contributed by atoms with Crippen molar-refractivity contribution in [3.63, 3.8) is 0 Å². The number of carbonyl (C=O) groups excluding carboxylic acids is 3. The highest BCUT2D eigenvalue weighted by molar-refractivity contribution is 6.07. The molecule has 2 fully saturated rings. The monoisotopic (exact) mass is 398 g/mol. The number of hydrogen-bond donors (Lipinski definition) is 2. The molecule has 0 aromatic heterocycles. The van der Waals surface area contributed by atoms with Crippen molar-refractivity contribution >= 4 is 23.7 Å². The molecule has 3 aliphatic rings. The second-order valence-corrected chi connectivity index (χ2v) is 7.79. The van der Waals surface area contributed by atoms with Crippen molar-refractivity contribution < 1.29 is 29.0 Å². The highest BCUT2D eigenvalue weighted by Crippen LogP contribution is 2.40. The van der Waals surface area contributed by atoms with Gasteiger partial charge in [0, 0.05) is 13.0 Å². The summed E-state index contributed by atoms with van der Waals surface area (Å²) in [6.45, 7) is 1.75. The zero-order valence-corrected chi connectivity index (χ0v) is 15.9. The lowest BCUT2D eigenvalue weighted by Gasteiger charge is -2.22. The molecule has 3 amide bonds. The largest absolute Gasteiger partial charge is 0.481 e. The Labute approximate surface area is 167 Å². The van der Waals surface area contributed by atoms with Crippen molar-refractivity contribution in [3.8, 4) is 0 Å². The lowest BCUT2D eigenvalue weighted by Crippen LogP contribution is -2.41. The average molecular weight is 398 g/mol. The maximum absolute atomic E-state index is 12.9. The number of carbonyl (C=O) groups is 4. The number of nitrogens with zero attached hydrogens (tertiary/aromatic N) is 1. The number of ketones is 1. The summed E-state index contributed by atoms with van der Waals surface area (Å²) < 4.78 is 5.53. The number of carboxylic acids is 1. The number of ether oxygens (including phenoxy) is 1. The van der Waals surface area contributed by atoms with E-state index < -0.39 is 41.6 Å². The van der Waals surface area contributed by atoms with Gasteiger partial charge in [0.1, 0.15) is 11.3 Å². The number of nitrogens with one attached hydrogen (secondary N) is 1. The maximum atomic E-state index is 12.9. The van der Waals surface area contributed by atoms with E-state index in [-0.39, 0.29) is 31.1 Å². The number of rotatable bonds is 7. The molecule has 0 aliphatic carbocycles. The average Bonchev–Trinajstić information content (AvgIpc) is 3.37. The van der Waals surface area contributed by atoms with E-state index in [1.807, 2.05) is 6.07 Å². The van der Waals surface area contributed by atoms with Crippen LogP contribution in [-0.4, -0.2) is 52.4 Å². The Hall–Kier alpha value is -3.00. The fourth-order valence-corrected chi connectivity index (χ4v) is 4.43. The molecule has 0 spiro atoms. The Morgan fingerprint density at radius 1 is 1.14 bits per heavy atom. The van der Waals surface area contributed by atoms with Crippen LogP contribution in [0.25, 0.3) is 0 Å². The minimum absolute atomic E-state index is 0.0774. The van der Waals surface area contributed by atoms with Crippen LogP contribution < -0.4 is 5.32 Å². The SMILES string of the molecule is CC1(c2ccccc2)NC(=O)N(CCCC(=O)C2C(C(=O)O)[C@H]3C=C[C@@H]2O3)C1=O. The molecule has 2 N–H and O–H groups in total. The second-order valence-electron chi connectivity index (χ2n) is 7.79. The fraction of sp³-hybridized carbons (Fsp3) is 0.429. The van der Waals surface area contributed by atoms with Gasteiger partial charge in [0.25, 0.3) is 5.91 Å². The van der Waals surface area contributed by atoms with E-state index in [0.717, 1.165) is 4.90 Å². The molecule has 5 atom stereocenters. The van der Waals surface area contributed by atoms with Gasteiger partial charge in [-0.3, -0.25) is 19.3 Å². The van der Waals surface area contributed by atoms with Gasteiger partial charge in [0.2, 0.25) is 0 Å². The zero-order chi connectivity index (χ0) is 20.8. The van der Waals surface area contributed by atoms with E-state index in [1.165, 1.54) is 0 Å². The molecule has 4 rings (SSSR count). The maximum Gasteiger partial charge on any atom is 0.325 e. The van der Waals surface area contributed by atoms with Gasteiger partial charge in [-0.05, 0) is 18.9 Å². The van der Waals surface area contributed by atoms with Crippen LogP contribution >= 0.6 is 0 Å². The predicted octanol–water partition coefficient (Wildman–Crippen LogP) is 1.46. The van der Waals surface area contributed by atoms with Crippen LogP contribution in [0.2, 0.25) is 0 Å². The molecule has 3 aliphatic heterocycles. The molecule has 152 valence electrons. The van der Waals surface area contributed by atoms with Crippen LogP contribution in [0.3, 0.4) is 0 Å². The lowest BCUT2D eigenvalue weighted by atomic mass is 9.79. The van der Waals surface area contributed by atoms with E-state index in [4.69, 9.17) is 4.74 Å². The van der Waals surface area contributed by atoms with E-state index in [2.05, 4.69) is 5.32 Å². The number of urea groups is 1. The third-order valence-corrected chi connectivity index (χ3v) is 5.99. The number of fused-ring (bicyclic) bond motifs is 2. The van der Waals surface area contributed by atoms with Gasteiger partial charge in [-0.1, -0.05) is 42.5 Å². The van der Waals surface area contributed by atoms with Gasteiger partial charge in [-0.15, -0.1) is 0 Å². The summed E-state index contributed by atoms with van der Waals surface area (Å²) in [5.74, 6) is -3.23. The smallest absolute Gasteiger partial charge is 0.325 e. The molecule has 2 saturated heterocycles. The topological polar surface area (TPSA) is 113 Å². The van der Waals surface area contributed by atoms with Crippen molar-refractivity contribution in [2.75, 3.05) is 6.54 Å². The lowest BCUT2D eigenvalue weighted by molar-refractivity contribution is -0.146. The van der Waals surface area contributed by atoms with Gasteiger partial charge in [-0.2, -0.15) is 0 Å². The summed E-state index contributed by atoms with van der Waals surface area (Å²) >= 11 is 0. The Bertz CT molecular complexity index is 898. The van der Waals surface area contributed by atoms with Gasteiger partial charge < -0.3 is 15.2 Å². The Morgan fingerprint density at radius 2 is 1.79 bits per heavy atom. The van der Waals surface area contributed by atoms with Gasteiger partial charge in [0.05, 0.1) is 24.0 Å². The number of aliphatic carboxylic acids is 1. The van der Waals surface area contributed by atoms with Crippen molar-refractivity contribution in [1.82, 2.24) is 10.2 Å². The molecule has 8 heteroatoms. The normalized spacial score (nSPS) is 32.7. The van der Waals surface area contributed by atoms with Crippen molar-refractivity contribution in [1.29, 1.82) is 0 Å². The highest BCUT2D eigenvalue weighted by Gasteiger charge is 2.53.